The smallest absolute Gasteiger partial charge is 0.332 e. The van der Waals surface area contributed by atoms with Gasteiger partial charge in [-0.1, -0.05) is 19.8 Å². The summed E-state index contributed by atoms with van der Waals surface area (Å²) in [5.74, 6) is -1.10. The summed E-state index contributed by atoms with van der Waals surface area (Å²) in [5, 5.41) is 61.7. The third kappa shape index (κ3) is 6.06. The maximum Gasteiger partial charge on any atom is 0.332 e. The molecule has 230 valence electrons. The van der Waals surface area contributed by atoms with E-state index in [0.717, 1.165) is 32.1 Å². The Morgan fingerprint density at radius 2 is 1.68 bits per heavy atom. The van der Waals surface area contributed by atoms with Gasteiger partial charge in [0.25, 0.3) is 0 Å². The van der Waals surface area contributed by atoms with E-state index in [0.29, 0.717) is 6.42 Å². The zero-order valence-electron chi connectivity index (χ0n) is 23.0. The Hall–Kier alpha value is -0.970. The van der Waals surface area contributed by atoms with Gasteiger partial charge in [-0.3, -0.25) is 0 Å². The lowest BCUT2D eigenvalue weighted by Crippen LogP contribution is -2.64. The van der Waals surface area contributed by atoms with Gasteiger partial charge in [0.2, 0.25) is 0 Å². The van der Waals surface area contributed by atoms with Crippen LogP contribution in [0.1, 0.15) is 58.8 Å². The van der Waals surface area contributed by atoms with Gasteiger partial charge in [-0.15, -0.1) is 0 Å². The summed E-state index contributed by atoms with van der Waals surface area (Å²) in [7, 11) is 0. The highest BCUT2D eigenvalue weighted by atomic mass is 16.7. The molecule has 3 heterocycles. The number of aliphatic hydroxyl groups excluding tert-OH is 5. The first-order valence-corrected chi connectivity index (χ1v) is 14.5. The van der Waals surface area contributed by atoms with Crippen molar-refractivity contribution in [2.45, 2.75) is 139 Å². The summed E-state index contributed by atoms with van der Waals surface area (Å²) in [6.07, 6.45) is -9.19. The molecule has 13 heteroatoms. The quantitative estimate of drug-likeness (QED) is 0.223. The second-order valence-corrected chi connectivity index (χ2v) is 12.2. The predicted octanol–water partition coefficient (Wildman–Crippen LogP) is -0.720. The molecule has 0 aromatic rings. The molecule has 0 aromatic heterocycles. The van der Waals surface area contributed by atoms with Gasteiger partial charge in [0.1, 0.15) is 42.7 Å². The minimum atomic E-state index is -1.47. The Morgan fingerprint density at radius 3 is 2.33 bits per heavy atom. The normalized spacial score (nSPS) is 49.1. The molecule has 0 bridgehead atoms. The first-order chi connectivity index (χ1) is 19.1. The lowest BCUT2D eigenvalue weighted by Gasteiger charge is -2.49. The lowest BCUT2D eigenvalue weighted by atomic mass is 9.82. The van der Waals surface area contributed by atoms with Gasteiger partial charge in [-0.05, 0) is 50.4 Å². The molecule has 2 aliphatic carbocycles. The highest BCUT2D eigenvalue weighted by molar-refractivity contribution is 5.72. The van der Waals surface area contributed by atoms with Crippen LogP contribution in [0.5, 0.6) is 0 Å². The van der Waals surface area contributed by atoms with Crippen molar-refractivity contribution >= 4 is 5.97 Å². The summed E-state index contributed by atoms with van der Waals surface area (Å²) >= 11 is 0. The Bertz CT molecular complexity index is 869. The van der Waals surface area contributed by atoms with E-state index in [1.54, 1.807) is 6.92 Å². The third-order valence-corrected chi connectivity index (χ3v) is 9.38. The molecule has 6 N–H and O–H groups in total. The van der Waals surface area contributed by atoms with Crippen molar-refractivity contribution in [3.63, 3.8) is 0 Å². The molecule has 2 saturated carbocycles. The fraction of sp³-hybridized carbons (Fsp3) is 0.963. The minimum absolute atomic E-state index is 0.0214. The summed E-state index contributed by atoms with van der Waals surface area (Å²) in [5.41, 5.74) is -0.308. The molecule has 3 aliphatic heterocycles. The van der Waals surface area contributed by atoms with Gasteiger partial charge in [0.05, 0.1) is 31.5 Å². The van der Waals surface area contributed by atoms with Crippen molar-refractivity contribution in [3.05, 3.63) is 0 Å². The van der Waals surface area contributed by atoms with Crippen LogP contribution in [0.4, 0.5) is 0 Å². The van der Waals surface area contributed by atoms with Crippen molar-refractivity contribution < 1.29 is 63.9 Å². The molecule has 0 aromatic carbocycles. The molecule has 14 atom stereocenters. The van der Waals surface area contributed by atoms with Gasteiger partial charge >= 0.3 is 5.97 Å². The highest BCUT2D eigenvalue weighted by Crippen LogP contribution is 2.52. The second kappa shape index (κ2) is 12.3. The summed E-state index contributed by atoms with van der Waals surface area (Å²) in [4.78, 5) is 12.0. The van der Waals surface area contributed by atoms with Crippen molar-refractivity contribution in [2.24, 2.45) is 11.3 Å². The zero-order chi connectivity index (χ0) is 28.8. The fourth-order valence-electron chi connectivity index (χ4n) is 6.56. The molecule has 1 spiro atoms. The Labute approximate surface area is 233 Å². The largest absolute Gasteiger partial charge is 0.479 e. The number of aliphatic hydroxyl groups is 5. The number of ether oxygens (including phenoxy) is 6. The van der Waals surface area contributed by atoms with E-state index in [2.05, 4.69) is 0 Å². The highest BCUT2D eigenvalue weighted by Gasteiger charge is 2.56. The van der Waals surface area contributed by atoms with E-state index < -0.39 is 92.3 Å². The zero-order valence-corrected chi connectivity index (χ0v) is 23.0. The van der Waals surface area contributed by atoms with Crippen LogP contribution < -0.4 is 0 Å². The number of hydrogen-bond acceptors (Lipinski definition) is 12. The number of rotatable bonds is 7. The van der Waals surface area contributed by atoms with Crippen LogP contribution in [-0.2, 0) is 33.2 Å². The number of aliphatic carboxylic acids is 1. The van der Waals surface area contributed by atoms with Crippen molar-refractivity contribution in [1.29, 1.82) is 0 Å². The standard InChI is InChI=1S/C27H44O13/c1-3-13-5-4-6-14(21(13)40-25-20(32)19(31)17(29)12(2)36-25)38-26-23-22(18(30)16(10-28)39-26)37-15(24(33)34)9-27(7-8-27)11-35-23/h12-23,25-26,28-32H,3-11H2,1-2H3,(H,33,34). The second-order valence-electron chi connectivity index (χ2n) is 12.2. The lowest BCUT2D eigenvalue weighted by molar-refractivity contribution is -0.356. The van der Waals surface area contributed by atoms with Crippen LogP contribution in [0.3, 0.4) is 0 Å². The van der Waals surface area contributed by atoms with E-state index in [9.17, 15) is 35.4 Å². The Balaban J connectivity index is 1.37. The Kier molecular flexibility index (Phi) is 9.40. The molecule has 0 amide bonds. The van der Waals surface area contributed by atoms with Gasteiger partial charge in [0.15, 0.2) is 18.7 Å². The molecule has 3 saturated heterocycles. The molecule has 13 nitrogen and oxygen atoms in total. The molecule has 0 radical (unpaired) electrons. The molecule has 5 rings (SSSR count). The number of hydrogen-bond donors (Lipinski definition) is 6. The number of fused-ring (bicyclic) bond motifs is 1. The average molecular weight is 577 g/mol. The maximum atomic E-state index is 12.0. The van der Waals surface area contributed by atoms with Crippen LogP contribution in [0.2, 0.25) is 0 Å². The van der Waals surface area contributed by atoms with Crippen molar-refractivity contribution in [3.8, 4) is 0 Å². The summed E-state index contributed by atoms with van der Waals surface area (Å²) < 4.78 is 36.6. The van der Waals surface area contributed by atoms with Crippen molar-refractivity contribution in [2.75, 3.05) is 13.2 Å². The van der Waals surface area contributed by atoms with Crippen LogP contribution in [-0.4, -0.2) is 130 Å². The van der Waals surface area contributed by atoms with Crippen LogP contribution in [0.25, 0.3) is 0 Å². The number of carboxylic acids is 1. The third-order valence-electron chi connectivity index (χ3n) is 9.38. The molecule has 5 fully saturated rings. The summed E-state index contributed by atoms with van der Waals surface area (Å²) in [6.45, 7) is 3.32. The van der Waals surface area contributed by atoms with Crippen molar-refractivity contribution in [1.82, 2.24) is 0 Å². The van der Waals surface area contributed by atoms with Gasteiger partial charge < -0.3 is 59.1 Å². The first-order valence-electron chi connectivity index (χ1n) is 14.5. The van der Waals surface area contributed by atoms with Crippen LogP contribution in [0.15, 0.2) is 0 Å². The molecule has 14 unspecified atom stereocenters. The number of carbonyl (C=O) groups is 1. The van der Waals surface area contributed by atoms with Gasteiger partial charge in [-0.2, -0.15) is 0 Å². The first kappa shape index (κ1) is 30.5. The molecule has 5 aliphatic rings. The summed E-state index contributed by atoms with van der Waals surface area (Å²) in [6, 6.07) is 0. The van der Waals surface area contributed by atoms with Gasteiger partial charge in [0, 0.05) is 0 Å². The number of carboxylic acid groups (broad SMARTS) is 1. The van der Waals surface area contributed by atoms with Crippen LogP contribution in [0, 0.1) is 11.3 Å². The van der Waals surface area contributed by atoms with E-state index in [-0.39, 0.29) is 24.4 Å². The Morgan fingerprint density at radius 1 is 0.925 bits per heavy atom. The van der Waals surface area contributed by atoms with Crippen LogP contribution >= 0.6 is 0 Å². The topological polar surface area (TPSA) is 194 Å². The van der Waals surface area contributed by atoms with E-state index >= 15 is 0 Å². The minimum Gasteiger partial charge on any atom is -0.479 e. The maximum absolute atomic E-state index is 12.0. The van der Waals surface area contributed by atoms with E-state index in [1.165, 1.54) is 0 Å². The monoisotopic (exact) mass is 576 g/mol. The van der Waals surface area contributed by atoms with E-state index in [4.69, 9.17) is 28.4 Å². The average Bonchev–Trinajstić information content (AvgIpc) is 3.70. The molecular formula is C27H44O13. The fourth-order valence-corrected chi connectivity index (χ4v) is 6.56. The molecule has 40 heavy (non-hydrogen) atoms. The van der Waals surface area contributed by atoms with E-state index in [1.807, 2.05) is 6.92 Å². The molecular weight excluding hydrogens is 532 g/mol. The SMILES string of the molecule is CCC1CCCC(OC2OC(CO)C(O)C3OC(C(=O)O)CC4(CC4)COC23)C1OC1OC(C)C(O)C(O)C1O. The predicted molar refractivity (Wildman–Crippen MR) is 134 cm³/mol. The van der Waals surface area contributed by atoms with Gasteiger partial charge in [-0.25, -0.2) is 4.79 Å².